The second kappa shape index (κ2) is 6.00. The fourth-order valence-electron chi connectivity index (χ4n) is 1.29. The molecule has 0 aliphatic heterocycles. The van der Waals surface area contributed by atoms with Gasteiger partial charge in [0.25, 0.3) is 0 Å². The maximum absolute atomic E-state index is 11.8. The maximum atomic E-state index is 11.8. The molecule has 0 unspecified atom stereocenters. The van der Waals surface area contributed by atoms with Crippen LogP contribution in [0.4, 0.5) is 0 Å². The van der Waals surface area contributed by atoms with E-state index in [4.69, 9.17) is 0 Å². The number of rotatable bonds is 6. The van der Waals surface area contributed by atoms with Crippen molar-refractivity contribution in [3.63, 3.8) is 0 Å². The highest BCUT2D eigenvalue weighted by atomic mass is 32.1. The molecule has 0 aliphatic rings. The predicted octanol–water partition coefficient (Wildman–Crippen LogP) is 1.39. The van der Waals surface area contributed by atoms with Gasteiger partial charge in [0.2, 0.25) is 0 Å². The summed E-state index contributed by atoms with van der Waals surface area (Å²) in [5.41, 5.74) is 0. The van der Waals surface area contributed by atoms with Crippen molar-refractivity contribution < 1.29 is 4.79 Å². The van der Waals surface area contributed by atoms with Crippen molar-refractivity contribution in [2.45, 2.75) is 6.92 Å². The molecule has 3 nitrogen and oxygen atoms in total. The zero-order chi connectivity index (χ0) is 11.3. The van der Waals surface area contributed by atoms with Gasteiger partial charge in [-0.2, -0.15) is 0 Å². The van der Waals surface area contributed by atoms with Gasteiger partial charge in [0.05, 0.1) is 11.4 Å². The molecule has 1 heterocycles. The van der Waals surface area contributed by atoms with Crippen LogP contribution in [0, 0.1) is 6.92 Å². The molecule has 0 atom stereocenters. The number of hydrogen-bond acceptors (Lipinski definition) is 4. The lowest BCUT2D eigenvalue weighted by Crippen LogP contribution is -2.31. The maximum Gasteiger partial charge on any atom is 0.186 e. The third-order valence-corrected chi connectivity index (χ3v) is 3.21. The zero-order valence-corrected chi connectivity index (χ0v) is 10.4. The van der Waals surface area contributed by atoms with E-state index in [-0.39, 0.29) is 5.78 Å². The minimum atomic E-state index is 0.215. The Bertz CT molecular complexity index is 322. The lowest BCUT2D eigenvalue weighted by Gasteiger charge is -2.14. The monoisotopic (exact) mass is 226 g/mol. The van der Waals surface area contributed by atoms with Crippen LogP contribution in [-0.4, -0.2) is 44.4 Å². The molecule has 0 bridgehead atoms. The molecule has 4 heteroatoms. The van der Waals surface area contributed by atoms with Gasteiger partial charge in [0.1, 0.15) is 0 Å². The predicted molar refractivity (Wildman–Crippen MR) is 64.8 cm³/mol. The van der Waals surface area contributed by atoms with Crippen molar-refractivity contribution in [1.29, 1.82) is 0 Å². The number of aryl methyl sites for hydroxylation is 1. The van der Waals surface area contributed by atoms with Crippen LogP contribution in [0.2, 0.25) is 0 Å². The SMILES string of the molecule is CNCCN(C)CC(=O)c1ccc(C)s1. The number of hydrogen-bond donors (Lipinski definition) is 1. The number of carbonyl (C=O) groups excluding carboxylic acids is 1. The Morgan fingerprint density at radius 1 is 1.53 bits per heavy atom. The summed E-state index contributed by atoms with van der Waals surface area (Å²) in [4.78, 5) is 15.9. The lowest BCUT2D eigenvalue weighted by atomic mass is 10.3. The number of likely N-dealkylation sites (N-methyl/N-ethyl adjacent to an activating group) is 2. The van der Waals surface area contributed by atoms with Crippen LogP contribution in [0.15, 0.2) is 12.1 Å². The summed E-state index contributed by atoms with van der Waals surface area (Å²) in [7, 11) is 3.88. The topological polar surface area (TPSA) is 32.3 Å². The first-order chi connectivity index (χ1) is 7.13. The third-order valence-electron chi connectivity index (χ3n) is 2.17. The largest absolute Gasteiger partial charge is 0.318 e. The second-order valence-corrected chi connectivity index (χ2v) is 4.96. The molecule has 0 spiro atoms. The molecule has 1 rings (SSSR count). The van der Waals surface area contributed by atoms with Crippen LogP contribution in [-0.2, 0) is 0 Å². The van der Waals surface area contributed by atoms with E-state index in [1.165, 1.54) is 4.88 Å². The van der Waals surface area contributed by atoms with Crippen molar-refractivity contribution >= 4 is 17.1 Å². The molecule has 0 aromatic carbocycles. The molecule has 1 N–H and O–H groups in total. The molecule has 0 fully saturated rings. The minimum Gasteiger partial charge on any atom is -0.318 e. The summed E-state index contributed by atoms with van der Waals surface area (Å²) in [5.74, 6) is 0.215. The summed E-state index contributed by atoms with van der Waals surface area (Å²) in [5, 5.41) is 3.07. The quantitative estimate of drug-likeness (QED) is 0.744. The zero-order valence-electron chi connectivity index (χ0n) is 9.54. The third kappa shape index (κ3) is 4.11. The molecule has 0 saturated heterocycles. The van der Waals surface area contributed by atoms with E-state index in [0.717, 1.165) is 18.0 Å². The summed E-state index contributed by atoms with van der Waals surface area (Å²) >= 11 is 1.57. The fourth-order valence-corrected chi connectivity index (χ4v) is 2.09. The normalized spacial score (nSPS) is 10.9. The van der Waals surface area contributed by atoms with E-state index < -0.39 is 0 Å². The highest BCUT2D eigenvalue weighted by Crippen LogP contribution is 2.15. The summed E-state index contributed by atoms with van der Waals surface area (Å²) in [6, 6.07) is 3.90. The van der Waals surface area contributed by atoms with Crippen LogP contribution in [0.5, 0.6) is 0 Å². The minimum absolute atomic E-state index is 0.215. The lowest BCUT2D eigenvalue weighted by molar-refractivity contribution is 0.0951. The molecular formula is C11H18N2OS. The fraction of sp³-hybridized carbons (Fsp3) is 0.545. The average molecular weight is 226 g/mol. The Hall–Kier alpha value is -0.710. The summed E-state index contributed by atoms with van der Waals surface area (Å²) in [6.07, 6.45) is 0. The number of nitrogens with one attached hydrogen (secondary N) is 1. The standard InChI is InChI=1S/C11H18N2OS/c1-9-4-5-11(15-9)10(14)8-13(3)7-6-12-2/h4-5,12H,6-8H2,1-3H3. The van der Waals surface area contributed by atoms with E-state index in [2.05, 4.69) is 5.32 Å². The van der Waals surface area contributed by atoms with Gasteiger partial charge in [-0.3, -0.25) is 9.69 Å². The summed E-state index contributed by atoms with van der Waals surface area (Å²) < 4.78 is 0. The number of nitrogens with zero attached hydrogens (tertiary/aromatic N) is 1. The van der Waals surface area contributed by atoms with Gasteiger partial charge in [0.15, 0.2) is 5.78 Å². The van der Waals surface area contributed by atoms with Crippen LogP contribution in [0.1, 0.15) is 14.5 Å². The van der Waals surface area contributed by atoms with Gasteiger partial charge in [-0.05, 0) is 33.2 Å². The Kier molecular flexibility index (Phi) is 4.94. The van der Waals surface area contributed by atoms with Gasteiger partial charge >= 0.3 is 0 Å². The van der Waals surface area contributed by atoms with Gasteiger partial charge in [0, 0.05) is 18.0 Å². The highest BCUT2D eigenvalue weighted by molar-refractivity contribution is 7.14. The first kappa shape index (κ1) is 12.4. The number of thiophene rings is 1. The number of carbonyl (C=O) groups is 1. The van der Waals surface area contributed by atoms with E-state index in [1.54, 1.807) is 11.3 Å². The van der Waals surface area contributed by atoms with Crippen LogP contribution in [0.3, 0.4) is 0 Å². The van der Waals surface area contributed by atoms with Crippen molar-refractivity contribution in [2.75, 3.05) is 33.7 Å². The van der Waals surface area contributed by atoms with E-state index in [0.29, 0.717) is 6.54 Å². The molecular weight excluding hydrogens is 208 g/mol. The van der Waals surface area contributed by atoms with E-state index in [1.807, 2.05) is 38.1 Å². The van der Waals surface area contributed by atoms with Gasteiger partial charge in [-0.15, -0.1) is 11.3 Å². The van der Waals surface area contributed by atoms with Crippen molar-refractivity contribution in [1.82, 2.24) is 10.2 Å². The van der Waals surface area contributed by atoms with Gasteiger partial charge in [-0.1, -0.05) is 0 Å². The number of ketones is 1. The molecule has 0 aliphatic carbocycles. The molecule has 1 aromatic rings. The summed E-state index contributed by atoms with van der Waals surface area (Å²) in [6.45, 7) is 4.33. The molecule has 84 valence electrons. The first-order valence-electron chi connectivity index (χ1n) is 5.06. The van der Waals surface area contributed by atoms with Crippen LogP contribution < -0.4 is 5.32 Å². The molecule has 0 saturated carbocycles. The molecule has 0 radical (unpaired) electrons. The number of Topliss-reactive ketones (excluding diaryl/α,β-unsaturated/α-hetero) is 1. The second-order valence-electron chi connectivity index (χ2n) is 3.67. The molecule has 1 aromatic heterocycles. The van der Waals surface area contributed by atoms with Gasteiger partial charge < -0.3 is 5.32 Å². The Morgan fingerprint density at radius 2 is 2.27 bits per heavy atom. The van der Waals surface area contributed by atoms with Crippen molar-refractivity contribution in [2.24, 2.45) is 0 Å². The highest BCUT2D eigenvalue weighted by Gasteiger charge is 2.10. The van der Waals surface area contributed by atoms with Crippen molar-refractivity contribution in [3.05, 3.63) is 21.9 Å². The Balaban J connectivity index is 2.42. The van der Waals surface area contributed by atoms with E-state index >= 15 is 0 Å². The Morgan fingerprint density at radius 3 is 2.80 bits per heavy atom. The Labute approximate surface area is 95.1 Å². The molecule has 15 heavy (non-hydrogen) atoms. The average Bonchev–Trinajstić information content (AvgIpc) is 2.61. The smallest absolute Gasteiger partial charge is 0.186 e. The van der Waals surface area contributed by atoms with Gasteiger partial charge in [-0.25, -0.2) is 0 Å². The van der Waals surface area contributed by atoms with E-state index in [9.17, 15) is 4.79 Å². The van der Waals surface area contributed by atoms with Crippen LogP contribution in [0.25, 0.3) is 0 Å². The first-order valence-corrected chi connectivity index (χ1v) is 5.88. The van der Waals surface area contributed by atoms with Crippen LogP contribution >= 0.6 is 11.3 Å². The molecule has 0 amide bonds. The van der Waals surface area contributed by atoms with Crippen molar-refractivity contribution in [3.8, 4) is 0 Å².